The first-order valence-corrected chi connectivity index (χ1v) is 7.68. The standard InChI is InChI=1S/C14H20F3NS/c1-2-12-6-7-13(19-12)9-18-11-5-3-4-10(8-11)14(15,16)17/h6-7,10-11,18H,2-5,8-9H2,1H3. The molecule has 0 saturated heterocycles. The van der Waals surface area contributed by atoms with Crippen LogP contribution in [0.1, 0.15) is 42.4 Å². The Morgan fingerprint density at radius 1 is 1.26 bits per heavy atom. The fourth-order valence-electron chi connectivity index (χ4n) is 2.62. The van der Waals surface area contributed by atoms with Crippen LogP contribution in [0.25, 0.3) is 0 Å². The highest BCUT2D eigenvalue weighted by Crippen LogP contribution is 2.37. The Kier molecular flexibility index (Phi) is 4.90. The molecular formula is C14H20F3NS. The third-order valence-electron chi connectivity index (χ3n) is 3.77. The Labute approximate surface area is 116 Å². The van der Waals surface area contributed by atoms with Gasteiger partial charge in [-0.25, -0.2) is 0 Å². The van der Waals surface area contributed by atoms with Crippen LogP contribution < -0.4 is 5.32 Å². The molecule has 2 rings (SSSR count). The van der Waals surface area contributed by atoms with Gasteiger partial charge in [-0.1, -0.05) is 13.3 Å². The fraction of sp³-hybridized carbons (Fsp3) is 0.714. The molecule has 1 aliphatic rings. The van der Waals surface area contributed by atoms with Crippen LogP contribution in [-0.2, 0) is 13.0 Å². The molecule has 1 aromatic heterocycles. The minimum Gasteiger partial charge on any atom is -0.309 e. The third-order valence-corrected chi connectivity index (χ3v) is 5.00. The highest BCUT2D eigenvalue weighted by molar-refractivity contribution is 7.11. The molecule has 1 nitrogen and oxygen atoms in total. The first kappa shape index (κ1) is 14.9. The molecule has 1 aliphatic carbocycles. The van der Waals surface area contributed by atoms with Crippen molar-refractivity contribution < 1.29 is 13.2 Å². The molecule has 2 unspecified atom stereocenters. The maximum absolute atomic E-state index is 12.7. The summed E-state index contributed by atoms with van der Waals surface area (Å²) in [4.78, 5) is 2.54. The molecule has 1 N–H and O–H groups in total. The molecular weight excluding hydrogens is 271 g/mol. The predicted octanol–water partition coefficient (Wildman–Crippen LogP) is 4.52. The van der Waals surface area contributed by atoms with Crippen LogP contribution in [0, 0.1) is 5.92 Å². The van der Waals surface area contributed by atoms with E-state index in [0.717, 1.165) is 12.8 Å². The van der Waals surface area contributed by atoms with Crippen molar-refractivity contribution in [3.63, 3.8) is 0 Å². The Bertz CT molecular complexity index is 400. The van der Waals surface area contributed by atoms with Crippen molar-refractivity contribution in [2.75, 3.05) is 0 Å². The number of nitrogens with one attached hydrogen (secondary N) is 1. The number of alkyl halides is 3. The summed E-state index contributed by atoms with van der Waals surface area (Å²) >= 11 is 1.74. The highest BCUT2D eigenvalue weighted by Gasteiger charge is 2.41. The van der Waals surface area contributed by atoms with Crippen molar-refractivity contribution in [2.24, 2.45) is 5.92 Å². The minimum atomic E-state index is -4.03. The van der Waals surface area contributed by atoms with Gasteiger partial charge in [0.2, 0.25) is 0 Å². The predicted molar refractivity (Wildman–Crippen MR) is 72.3 cm³/mol. The van der Waals surface area contributed by atoms with E-state index in [1.807, 2.05) is 0 Å². The summed E-state index contributed by atoms with van der Waals surface area (Å²) in [7, 11) is 0. The van der Waals surface area contributed by atoms with E-state index in [1.165, 1.54) is 9.75 Å². The fourth-order valence-corrected chi connectivity index (χ4v) is 3.53. The maximum Gasteiger partial charge on any atom is 0.391 e. The molecule has 19 heavy (non-hydrogen) atoms. The molecule has 0 radical (unpaired) electrons. The van der Waals surface area contributed by atoms with Gasteiger partial charge in [-0.2, -0.15) is 13.2 Å². The van der Waals surface area contributed by atoms with Crippen molar-refractivity contribution in [1.29, 1.82) is 0 Å². The number of rotatable bonds is 4. The Morgan fingerprint density at radius 2 is 2.00 bits per heavy atom. The van der Waals surface area contributed by atoms with Crippen LogP contribution in [0.3, 0.4) is 0 Å². The van der Waals surface area contributed by atoms with Crippen LogP contribution in [0.2, 0.25) is 0 Å². The van der Waals surface area contributed by atoms with Gasteiger partial charge in [0.15, 0.2) is 0 Å². The molecule has 5 heteroatoms. The van der Waals surface area contributed by atoms with Gasteiger partial charge >= 0.3 is 6.18 Å². The first-order valence-electron chi connectivity index (χ1n) is 6.86. The van der Waals surface area contributed by atoms with Crippen LogP contribution in [-0.4, -0.2) is 12.2 Å². The molecule has 0 bridgehead atoms. The SMILES string of the molecule is CCc1ccc(CNC2CCCC(C(F)(F)F)C2)s1. The number of thiophene rings is 1. The lowest BCUT2D eigenvalue weighted by Crippen LogP contribution is -2.38. The van der Waals surface area contributed by atoms with E-state index in [9.17, 15) is 13.2 Å². The molecule has 1 fully saturated rings. The van der Waals surface area contributed by atoms with Gasteiger partial charge in [-0.15, -0.1) is 11.3 Å². The summed E-state index contributed by atoms with van der Waals surface area (Å²) in [5.41, 5.74) is 0. The number of hydrogen-bond donors (Lipinski definition) is 1. The van der Waals surface area contributed by atoms with Crippen LogP contribution in [0.5, 0.6) is 0 Å². The van der Waals surface area contributed by atoms with E-state index in [0.29, 0.717) is 19.4 Å². The van der Waals surface area contributed by atoms with E-state index < -0.39 is 12.1 Å². The molecule has 1 heterocycles. The van der Waals surface area contributed by atoms with E-state index in [2.05, 4.69) is 24.4 Å². The first-order chi connectivity index (χ1) is 8.99. The normalized spacial score (nSPS) is 24.6. The van der Waals surface area contributed by atoms with Gasteiger partial charge in [0.25, 0.3) is 0 Å². The van der Waals surface area contributed by atoms with Gasteiger partial charge in [0.1, 0.15) is 0 Å². The zero-order valence-corrected chi connectivity index (χ0v) is 11.9. The van der Waals surface area contributed by atoms with Gasteiger partial charge in [0.05, 0.1) is 5.92 Å². The topological polar surface area (TPSA) is 12.0 Å². The summed E-state index contributed by atoms with van der Waals surface area (Å²) in [6.07, 6.45) is -0.954. The monoisotopic (exact) mass is 291 g/mol. The largest absolute Gasteiger partial charge is 0.391 e. The number of hydrogen-bond acceptors (Lipinski definition) is 2. The number of aryl methyl sites for hydroxylation is 1. The molecule has 0 aromatic carbocycles. The summed E-state index contributed by atoms with van der Waals surface area (Å²) in [6, 6.07) is 4.18. The third kappa shape index (κ3) is 4.21. The molecule has 1 saturated carbocycles. The van der Waals surface area contributed by atoms with Crippen molar-refractivity contribution in [1.82, 2.24) is 5.32 Å². The zero-order chi connectivity index (χ0) is 13.9. The lowest BCUT2D eigenvalue weighted by molar-refractivity contribution is -0.183. The van der Waals surface area contributed by atoms with Crippen molar-refractivity contribution in [3.05, 3.63) is 21.9 Å². The molecule has 108 valence electrons. The maximum atomic E-state index is 12.7. The lowest BCUT2D eigenvalue weighted by atomic mass is 9.85. The smallest absolute Gasteiger partial charge is 0.309 e. The average molecular weight is 291 g/mol. The molecule has 1 aromatic rings. The van der Waals surface area contributed by atoms with Crippen molar-refractivity contribution >= 4 is 11.3 Å². The van der Waals surface area contributed by atoms with E-state index in [4.69, 9.17) is 0 Å². The summed E-state index contributed by atoms with van der Waals surface area (Å²) in [5.74, 6) is -1.12. The van der Waals surface area contributed by atoms with Gasteiger partial charge in [-0.05, 0) is 37.8 Å². The van der Waals surface area contributed by atoms with E-state index >= 15 is 0 Å². The summed E-state index contributed by atoms with van der Waals surface area (Å²) in [6.45, 7) is 2.80. The van der Waals surface area contributed by atoms with E-state index in [-0.39, 0.29) is 12.5 Å². The minimum absolute atomic E-state index is 0.00699. The van der Waals surface area contributed by atoms with Crippen molar-refractivity contribution in [2.45, 2.75) is 57.8 Å². The molecule has 0 aliphatic heterocycles. The Balaban J connectivity index is 1.82. The van der Waals surface area contributed by atoms with Gasteiger partial charge in [-0.3, -0.25) is 0 Å². The highest BCUT2D eigenvalue weighted by atomic mass is 32.1. The molecule has 0 spiro atoms. The van der Waals surface area contributed by atoms with Gasteiger partial charge in [0, 0.05) is 22.3 Å². The van der Waals surface area contributed by atoms with Gasteiger partial charge < -0.3 is 5.32 Å². The summed E-state index contributed by atoms with van der Waals surface area (Å²) < 4.78 is 38.1. The second kappa shape index (κ2) is 6.27. The number of halogens is 3. The van der Waals surface area contributed by atoms with Crippen LogP contribution in [0.4, 0.5) is 13.2 Å². The second-order valence-corrected chi connectivity index (χ2v) is 6.46. The average Bonchev–Trinajstić information content (AvgIpc) is 2.84. The van der Waals surface area contributed by atoms with Crippen molar-refractivity contribution in [3.8, 4) is 0 Å². The van der Waals surface area contributed by atoms with Crippen LogP contribution >= 0.6 is 11.3 Å². The summed E-state index contributed by atoms with van der Waals surface area (Å²) in [5, 5.41) is 3.29. The second-order valence-electron chi connectivity index (χ2n) is 5.20. The van der Waals surface area contributed by atoms with E-state index in [1.54, 1.807) is 11.3 Å². The zero-order valence-electron chi connectivity index (χ0n) is 11.1. The van der Waals surface area contributed by atoms with Crippen LogP contribution in [0.15, 0.2) is 12.1 Å². The molecule has 0 amide bonds. The quantitative estimate of drug-likeness (QED) is 0.860. The lowest BCUT2D eigenvalue weighted by Gasteiger charge is -2.31. The molecule has 2 atom stereocenters. The Morgan fingerprint density at radius 3 is 2.63 bits per heavy atom. The Hall–Kier alpha value is -0.550.